The summed E-state index contributed by atoms with van der Waals surface area (Å²) in [5.41, 5.74) is 1.16. The molecule has 2 saturated carbocycles. The zero-order valence-corrected chi connectivity index (χ0v) is 17.7. The van der Waals surface area contributed by atoms with Crippen molar-refractivity contribution in [1.82, 2.24) is 9.21 Å². The first-order valence-electron chi connectivity index (χ1n) is 10.8. The van der Waals surface area contributed by atoms with Crippen LogP contribution >= 0.6 is 0 Å². The summed E-state index contributed by atoms with van der Waals surface area (Å²) in [6.07, 6.45) is 7.86. The van der Waals surface area contributed by atoms with Crippen molar-refractivity contribution < 1.29 is 13.2 Å². The van der Waals surface area contributed by atoms with E-state index >= 15 is 0 Å². The molecule has 6 heteroatoms. The Bertz CT molecular complexity index is 798. The number of piperazine rings is 1. The number of hydrogen-bond donors (Lipinski definition) is 0. The number of sulfonamides is 1. The van der Waals surface area contributed by atoms with Crippen molar-refractivity contribution in [3.63, 3.8) is 0 Å². The average Bonchev–Trinajstić information content (AvgIpc) is 3.32. The minimum absolute atomic E-state index is 0.221. The minimum atomic E-state index is -3.48. The molecule has 1 saturated heterocycles. The van der Waals surface area contributed by atoms with Crippen LogP contribution in [-0.2, 0) is 21.2 Å². The SMILES string of the molecule is CCCc1ccc(S(=O)(=O)N2CCN(C(=O)CC3CC4CCC3C4)CC2)cc1. The topological polar surface area (TPSA) is 57.7 Å². The molecule has 0 radical (unpaired) electrons. The van der Waals surface area contributed by atoms with Gasteiger partial charge in [0, 0.05) is 32.6 Å². The van der Waals surface area contributed by atoms with Gasteiger partial charge < -0.3 is 4.90 Å². The highest BCUT2D eigenvalue weighted by atomic mass is 32.2. The molecule has 1 aromatic rings. The Labute approximate surface area is 169 Å². The fraction of sp³-hybridized carbons (Fsp3) is 0.682. The lowest BCUT2D eigenvalue weighted by atomic mass is 9.86. The van der Waals surface area contributed by atoms with Crippen molar-refractivity contribution in [2.24, 2.45) is 17.8 Å². The van der Waals surface area contributed by atoms with Crippen molar-refractivity contribution in [2.45, 2.75) is 56.8 Å². The van der Waals surface area contributed by atoms with Gasteiger partial charge in [0.15, 0.2) is 0 Å². The van der Waals surface area contributed by atoms with Gasteiger partial charge in [-0.25, -0.2) is 8.42 Å². The Kier molecular flexibility index (Phi) is 5.79. The molecule has 4 rings (SSSR count). The van der Waals surface area contributed by atoms with Gasteiger partial charge in [-0.05, 0) is 61.1 Å². The second kappa shape index (κ2) is 8.15. The molecule has 1 aromatic carbocycles. The molecular weight excluding hydrogens is 372 g/mol. The van der Waals surface area contributed by atoms with E-state index < -0.39 is 10.0 Å². The summed E-state index contributed by atoms with van der Waals surface area (Å²) < 4.78 is 27.4. The van der Waals surface area contributed by atoms with Crippen LogP contribution in [0.3, 0.4) is 0 Å². The van der Waals surface area contributed by atoms with E-state index in [1.165, 1.54) is 30.0 Å². The fourth-order valence-electron chi connectivity index (χ4n) is 5.42. The third-order valence-corrected chi connectivity index (χ3v) is 8.93. The molecule has 1 amide bonds. The summed E-state index contributed by atoms with van der Waals surface area (Å²) in [7, 11) is -3.48. The van der Waals surface area contributed by atoms with Crippen LogP contribution in [0.15, 0.2) is 29.2 Å². The Hall–Kier alpha value is -1.40. The van der Waals surface area contributed by atoms with Crippen molar-refractivity contribution in [2.75, 3.05) is 26.2 Å². The fourth-order valence-corrected chi connectivity index (χ4v) is 6.85. The maximum Gasteiger partial charge on any atom is 0.243 e. The third kappa shape index (κ3) is 3.99. The van der Waals surface area contributed by atoms with E-state index in [0.717, 1.165) is 30.2 Å². The number of carbonyl (C=O) groups excluding carboxylic acids is 1. The van der Waals surface area contributed by atoms with Gasteiger partial charge in [-0.1, -0.05) is 31.9 Å². The lowest BCUT2D eigenvalue weighted by Crippen LogP contribution is -2.50. The molecule has 2 aliphatic carbocycles. The molecule has 154 valence electrons. The molecule has 0 aromatic heterocycles. The molecule has 28 heavy (non-hydrogen) atoms. The molecule has 5 nitrogen and oxygen atoms in total. The molecule has 2 bridgehead atoms. The first-order valence-corrected chi connectivity index (χ1v) is 12.3. The standard InChI is InChI=1S/C22H32N2O3S/c1-2-3-17-5-8-21(9-6-17)28(26,27)24-12-10-23(11-13-24)22(25)16-20-15-18-4-7-19(20)14-18/h5-6,8-9,18-20H,2-4,7,10-16H2,1H3. The van der Waals surface area contributed by atoms with Crippen molar-refractivity contribution in [1.29, 1.82) is 0 Å². The molecule has 1 heterocycles. The largest absolute Gasteiger partial charge is 0.340 e. The Morgan fingerprint density at radius 2 is 1.75 bits per heavy atom. The van der Waals surface area contributed by atoms with Crippen LogP contribution in [-0.4, -0.2) is 49.7 Å². The minimum Gasteiger partial charge on any atom is -0.340 e. The van der Waals surface area contributed by atoms with Crippen LogP contribution in [0.25, 0.3) is 0 Å². The van der Waals surface area contributed by atoms with Crippen LogP contribution in [0.2, 0.25) is 0 Å². The van der Waals surface area contributed by atoms with E-state index in [1.54, 1.807) is 12.1 Å². The van der Waals surface area contributed by atoms with Crippen molar-refractivity contribution in [3.8, 4) is 0 Å². The average molecular weight is 405 g/mol. The van der Waals surface area contributed by atoms with E-state index in [4.69, 9.17) is 0 Å². The Morgan fingerprint density at radius 3 is 2.32 bits per heavy atom. The number of aryl methyl sites for hydroxylation is 1. The number of fused-ring (bicyclic) bond motifs is 2. The van der Waals surface area contributed by atoms with Crippen LogP contribution in [0, 0.1) is 17.8 Å². The highest BCUT2D eigenvalue weighted by Gasteiger charge is 2.41. The van der Waals surface area contributed by atoms with E-state index in [-0.39, 0.29) is 5.91 Å². The molecule has 1 aliphatic heterocycles. The van der Waals surface area contributed by atoms with E-state index in [1.807, 2.05) is 17.0 Å². The monoisotopic (exact) mass is 404 g/mol. The molecule has 0 spiro atoms. The quantitative estimate of drug-likeness (QED) is 0.731. The summed E-state index contributed by atoms with van der Waals surface area (Å²) in [6, 6.07) is 7.25. The van der Waals surface area contributed by atoms with E-state index in [2.05, 4.69) is 6.92 Å². The highest BCUT2D eigenvalue weighted by Crippen LogP contribution is 2.49. The number of rotatable bonds is 6. The second-order valence-electron chi connectivity index (χ2n) is 8.82. The first-order chi connectivity index (χ1) is 13.5. The summed E-state index contributed by atoms with van der Waals surface area (Å²) in [5, 5.41) is 0. The van der Waals surface area contributed by atoms with Gasteiger partial charge in [0.05, 0.1) is 4.90 Å². The van der Waals surface area contributed by atoms with E-state index in [9.17, 15) is 13.2 Å². The van der Waals surface area contributed by atoms with Crippen molar-refractivity contribution >= 4 is 15.9 Å². The lowest BCUT2D eigenvalue weighted by molar-refractivity contribution is -0.133. The molecule has 3 fully saturated rings. The van der Waals surface area contributed by atoms with Crippen LogP contribution in [0.1, 0.15) is 51.0 Å². The maximum atomic E-state index is 12.9. The molecule has 3 atom stereocenters. The van der Waals surface area contributed by atoms with Gasteiger partial charge in [0.1, 0.15) is 0 Å². The molecule has 3 unspecified atom stereocenters. The number of hydrogen-bond acceptors (Lipinski definition) is 3. The highest BCUT2D eigenvalue weighted by molar-refractivity contribution is 7.89. The Morgan fingerprint density at radius 1 is 1.04 bits per heavy atom. The summed E-state index contributed by atoms with van der Waals surface area (Å²) >= 11 is 0. The Balaban J connectivity index is 1.32. The summed E-state index contributed by atoms with van der Waals surface area (Å²) in [4.78, 5) is 14.9. The molecule has 0 N–H and O–H groups in total. The predicted molar refractivity (Wildman–Crippen MR) is 109 cm³/mol. The second-order valence-corrected chi connectivity index (χ2v) is 10.8. The number of nitrogens with zero attached hydrogens (tertiary/aromatic N) is 2. The number of benzene rings is 1. The summed E-state index contributed by atoms with van der Waals surface area (Å²) in [6.45, 7) is 3.91. The number of amides is 1. The van der Waals surface area contributed by atoms with Gasteiger partial charge in [0.2, 0.25) is 15.9 Å². The molecular formula is C22H32N2O3S. The van der Waals surface area contributed by atoms with Crippen LogP contribution in [0.5, 0.6) is 0 Å². The zero-order valence-electron chi connectivity index (χ0n) is 16.8. The van der Waals surface area contributed by atoms with Crippen LogP contribution < -0.4 is 0 Å². The predicted octanol–water partition coefficient (Wildman–Crippen LogP) is 3.30. The lowest BCUT2D eigenvalue weighted by Gasteiger charge is -2.35. The smallest absolute Gasteiger partial charge is 0.243 e. The van der Waals surface area contributed by atoms with E-state index in [0.29, 0.717) is 43.4 Å². The van der Waals surface area contributed by atoms with Gasteiger partial charge in [0.25, 0.3) is 0 Å². The van der Waals surface area contributed by atoms with Gasteiger partial charge >= 0.3 is 0 Å². The number of carbonyl (C=O) groups is 1. The van der Waals surface area contributed by atoms with Crippen LogP contribution in [0.4, 0.5) is 0 Å². The zero-order chi connectivity index (χ0) is 19.7. The van der Waals surface area contributed by atoms with Gasteiger partial charge in [-0.15, -0.1) is 0 Å². The third-order valence-electron chi connectivity index (χ3n) is 7.01. The first kappa shape index (κ1) is 19.9. The van der Waals surface area contributed by atoms with Gasteiger partial charge in [-0.3, -0.25) is 4.79 Å². The van der Waals surface area contributed by atoms with Crippen molar-refractivity contribution in [3.05, 3.63) is 29.8 Å². The maximum absolute atomic E-state index is 12.9. The van der Waals surface area contributed by atoms with Gasteiger partial charge in [-0.2, -0.15) is 4.31 Å². The molecule has 3 aliphatic rings. The normalized spacial score (nSPS) is 28.0. The summed E-state index contributed by atoms with van der Waals surface area (Å²) in [5.74, 6) is 2.40.